The van der Waals surface area contributed by atoms with Crippen molar-refractivity contribution in [3.63, 3.8) is 0 Å². The highest BCUT2D eigenvalue weighted by molar-refractivity contribution is 7.83. The number of aliphatic hydroxyl groups excluding tert-OH is 2. The van der Waals surface area contributed by atoms with Crippen LogP contribution in [0.15, 0.2) is 71.9 Å². The predicted molar refractivity (Wildman–Crippen MR) is 128 cm³/mol. The number of aryl methyl sites for hydroxylation is 1. The lowest BCUT2D eigenvalue weighted by molar-refractivity contribution is -0.121. The van der Waals surface area contributed by atoms with Gasteiger partial charge in [-0.15, -0.1) is 0 Å². The SMILES string of the molecule is O=C(CO)NS(=O)c1ccc(-c2ccc3c(c2)CC[C@H](CNC[C@H](O)c2cccnc2)O3)cc1. The highest BCUT2D eigenvalue weighted by atomic mass is 32.2. The molecule has 4 rings (SSSR count). The second kappa shape index (κ2) is 11.3. The number of hydrogen-bond donors (Lipinski definition) is 4. The number of rotatable bonds is 9. The van der Waals surface area contributed by atoms with Crippen molar-refractivity contribution in [2.75, 3.05) is 19.7 Å². The maximum atomic E-state index is 12.1. The van der Waals surface area contributed by atoms with Gasteiger partial charge in [-0.2, -0.15) is 0 Å². The molecule has 0 radical (unpaired) electrons. The Morgan fingerprint density at radius 1 is 1.18 bits per heavy atom. The molecular formula is C25H27N3O5S. The fourth-order valence-corrected chi connectivity index (χ4v) is 4.58. The van der Waals surface area contributed by atoms with E-state index in [0.29, 0.717) is 18.0 Å². The fourth-order valence-electron chi connectivity index (χ4n) is 3.81. The van der Waals surface area contributed by atoms with Crippen molar-refractivity contribution in [3.8, 4) is 16.9 Å². The van der Waals surface area contributed by atoms with Crippen LogP contribution in [0.4, 0.5) is 0 Å². The van der Waals surface area contributed by atoms with Crippen LogP contribution in [0.5, 0.6) is 5.75 Å². The third-order valence-corrected chi connectivity index (χ3v) is 6.73. The molecule has 3 aromatic rings. The number of hydrogen-bond acceptors (Lipinski definition) is 7. The topological polar surface area (TPSA) is 121 Å². The average molecular weight is 482 g/mol. The Kier molecular flexibility index (Phi) is 8.02. The Morgan fingerprint density at radius 3 is 2.71 bits per heavy atom. The van der Waals surface area contributed by atoms with E-state index in [9.17, 15) is 14.1 Å². The van der Waals surface area contributed by atoms with Gasteiger partial charge in [-0.05, 0) is 59.9 Å². The number of nitrogens with zero attached hydrogens (tertiary/aromatic N) is 1. The summed E-state index contributed by atoms with van der Waals surface area (Å²) in [6.45, 7) is 0.372. The van der Waals surface area contributed by atoms with Crippen LogP contribution in [0.1, 0.15) is 23.7 Å². The van der Waals surface area contributed by atoms with Crippen LogP contribution < -0.4 is 14.8 Å². The first-order valence-corrected chi connectivity index (χ1v) is 12.2. The predicted octanol–water partition coefficient (Wildman–Crippen LogP) is 1.90. The molecule has 2 aromatic carbocycles. The summed E-state index contributed by atoms with van der Waals surface area (Å²) in [5, 5.41) is 22.3. The van der Waals surface area contributed by atoms with Crippen molar-refractivity contribution in [2.24, 2.45) is 0 Å². The summed E-state index contributed by atoms with van der Waals surface area (Å²) in [7, 11) is -1.71. The summed E-state index contributed by atoms with van der Waals surface area (Å²) < 4.78 is 20.5. The Labute approximate surface area is 200 Å². The first kappa shape index (κ1) is 24.0. The van der Waals surface area contributed by atoms with E-state index in [2.05, 4.69) is 21.1 Å². The molecular weight excluding hydrogens is 454 g/mol. The van der Waals surface area contributed by atoms with Crippen LogP contribution >= 0.6 is 0 Å². The molecule has 0 fully saturated rings. The summed E-state index contributed by atoms with van der Waals surface area (Å²) in [5.74, 6) is 0.175. The molecule has 0 spiro atoms. The summed E-state index contributed by atoms with van der Waals surface area (Å²) in [4.78, 5) is 15.7. The molecule has 9 heteroatoms. The number of aliphatic hydroxyl groups is 2. The Balaban J connectivity index is 1.32. The molecule has 4 N–H and O–H groups in total. The highest BCUT2D eigenvalue weighted by Gasteiger charge is 2.20. The monoisotopic (exact) mass is 481 g/mol. The molecule has 1 aromatic heterocycles. The third-order valence-electron chi connectivity index (χ3n) is 5.62. The number of fused-ring (bicyclic) bond motifs is 1. The summed E-state index contributed by atoms with van der Waals surface area (Å²) >= 11 is 0. The minimum Gasteiger partial charge on any atom is -0.489 e. The van der Waals surface area contributed by atoms with E-state index in [-0.39, 0.29) is 6.10 Å². The van der Waals surface area contributed by atoms with Crippen molar-refractivity contribution in [3.05, 3.63) is 78.1 Å². The third kappa shape index (κ3) is 6.06. The minimum atomic E-state index is -1.71. The second-order valence-corrected chi connectivity index (χ2v) is 9.25. The molecule has 1 aliphatic rings. The standard InChI is InChI=1S/C25H27N3O5S/c29-16-25(31)28-34(32)22-8-4-17(5-9-22)18-6-10-24-19(12-18)3-7-21(33-24)14-27-15-23(30)20-2-1-11-26-13-20/h1-2,4-6,8-13,21,23,27,29-30H,3,7,14-16H2,(H,28,31)/t21-,23+,34?/m1/s1. The Hall–Kier alpha value is -3.11. The van der Waals surface area contributed by atoms with Gasteiger partial charge in [-0.3, -0.25) is 14.5 Å². The number of aromatic nitrogens is 1. The van der Waals surface area contributed by atoms with Crippen molar-refractivity contribution in [1.82, 2.24) is 15.0 Å². The Bertz CT molecular complexity index is 1140. The minimum absolute atomic E-state index is 0.0304. The molecule has 1 unspecified atom stereocenters. The lowest BCUT2D eigenvalue weighted by Gasteiger charge is -2.27. The van der Waals surface area contributed by atoms with E-state index in [4.69, 9.17) is 9.84 Å². The van der Waals surface area contributed by atoms with Crippen LogP contribution in [0.2, 0.25) is 0 Å². The van der Waals surface area contributed by atoms with Gasteiger partial charge in [0.15, 0.2) is 11.0 Å². The fraction of sp³-hybridized carbons (Fsp3) is 0.280. The van der Waals surface area contributed by atoms with Gasteiger partial charge in [0.05, 0.1) is 11.0 Å². The maximum Gasteiger partial charge on any atom is 0.257 e. The quantitative estimate of drug-likeness (QED) is 0.368. The van der Waals surface area contributed by atoms with Crippen LogP contribution in [0, 0.1) is 0 Å². The molecule has 0 bridgehead atoms. The van der Waals surface area contributed by atoms with Crippen LogP contribution in [0.3, 0.4) is 0 Å². The maximum absolute atomic E-state index is 12.1. The number of ether oxygens (including phenoxy) is 1. The van der Waals surface area contributed by atoms with E-state index >= 15 is 0 Å². The molecule has 0 saturated heterocycles. The van der Waals surface area contributed by atoms with Crippen molar-refractivity contribution in [1.29, 1.82) is 0 Å². The first-order chi connectivity index (χ1) is 16.5. The van der Waals surface area contributed by atoms with Gasteiger partial charge in [-0.1, -0.05) is 24.3 Å². The van der Waals surface area contributed by atoms with E-state index in [1.165, 1.54) is 0 Å². The van der Waals surface area contributed by atoms with E-state index in [1.54, 1.807) is 24.5 Å². The zero-order chi connectivity index (χ0) is 23.9. The lowest BCUT2D eigenvalue weighted by atomic mass is 9.97. The van der Waals surface area contributed by atoms with Crippen molar-refractivity contribution >= 4 is 16.9 Å². The number of benzene rings is 2. The molecule has 3 atom stereocenters. The number of carbonyl (C=O) groups excluding carboxylic acids is 1. The molecule has 1 aliphatic heterocycles. The molecule has 8 nitrogen and oxygen atoms in total. The molecule has 34 heavy (non-hydrogen) atoms. The number of pyridine rings is 1. The molecule has 0 aliphatic carbocycles. The van der Waals surface area contributed by atoms with E-state index in [0.717, 1.165) is 40.8 Å². The lowest BCUT2D eigenvalue weighted by Crippen LogP contribution is -2.36. The van der Waals surface area contributed by atoms with Gasteiger partial charge in [0.1, 0.15) is 18.5 Å². The summed E-state index contributed by atoms with van der Waals surface area (Å²) in [6, 6.07) is 16.8. The average Bonchev–Trinajstić information content (AvgIpc) is 2.88. The van der Waals surface area contributed by atoms with Crippen molar-refractivity contribution in [2.45, 2.75) is 29.9 Å². The van der Waals surface area contributed by atoms with Gasteiger partial charge in [0, 0.05) is 31.0 Å². The van der Waals surface area contributed by atoms with Gasteiger partial charge in [0.2, 0.25) is 0 Å². The Morgan fingerprint density at radius 2 is 1.97 bits per heavy atom. The van der Waals surface area contributed by atoms with Gasteiger partial charge < -0.3 is 20.3 Å². The van der Waals surface area contributed by atoms with Crippen LogP contribution in [-0.2, 0) is 22.2 Å². The molecule has 2 heterocycles. The highest BCUT2D eigenvalue weighted by Crippen LogP contribution is 2.32. The van der Waals surface area contributed by atoms with E-state index < -0.39 is 29.6 Å². The molecule has 1 amide bonds. The smallest absolute Gasteiger partial charge is 0.257 e. The largest absolute Gasteiger partial charge is 0.489 e. The van der Waals surface area contributed by atoms with Crippen LogP contribution in [0.25, 0.3) is 11.1 Å². The van der Waals surface area contributed by atoms with E-state index in [1.807, 2.05) is 36.4 Å². The number of nitrogens with one attached hydrogen (secondary N) is 2. The van der Waals surface area contributed by atoms with Crippen LogP contribution in [-0.4, -0.2) is 51.1 Å². The molecule has 178 valence electrons. The second-order valence-electron chi connectivity index (χ2n) is 8.04. The first-order valence-electron chi connectivity index (χ1n) is 11.0. The number of amides is 1. The summed E-state index contributed by atoms with van der Waals surface area (Å²) in [6.07, 6.45) is 4.52. The van der Waals surface area contributed by atoms with Gasteiger partial charge in [-0.25, -0.2) is 4.21 Å². The molecule has 0 saturated carbocycles. The van der Waals surface area contributed by atoms with Gasteiger partial charge >= 0.3 is 0 Å². The zero-order valence-corrected chi connectivity index (χ0v) is 19.3. The van der Waals surface area contributed by atoms with Crippen molar-refractivity contribution < 1.29 is 24.0 Å². The van der Waals surface area contributed by atoms with Gasteiger partial charge in [0.25, 0.3) is 5.91 Å². The number of carbonyl (C=O) groups is 1. The zero-order valence-electron chi connectivity index (χ0n) is 18.5. The summed E-state index contributed by atoms with van der Waals surface area (Å²) in [5.41, 5.74) is 3.90. The normalized spacial score (nSPS) is 16.7.